The van der Waals surface area contributed by atoms with Gasteiger partial charge in [0.25, 0.3) is 5.91 Å². The molecule has 4 aromatic rings. The predicted molar refractivity (Wildman–Crippen MR) is 116 cm³/mol. The summed E-state index contributed by atoms with van der Waals surface area (Å²) in [7, 11) is 0. The Morgan fingerprint density at radius 2 is 1.76 bits per heavy atom. The maximum absolute atomic E-state index is 13.0. The fourth-order valence-electron chi connectivity index (χ4n) is 3.00. The SMILES string of the molecule is CC(C)c1nc(CNC(=O)c2cn(-c3ccccc3)nc2-c2ccccc2)cs1. The summed E-state index contributed by atoms with van der Waals surface area (Å²) in [6, 6.07) is 19.6. The molecule has 0 aliphatic heterocycles. The van der Waals surface area contributed by atoms with Crippen LogP contribution in [0.25, 0.3) is 16.9 Å². The van der Waals surface area contributed by atoms with Crippen LogP contribution in [0.5, 0.6) is 0 Å². The number of benzene rings is 2. The molecule has 6 heteroatoms. The van der Waals surface area contributed by atoms with Gasteiger partial charge in [0, 0.05) is 23.1 Å². The van der Waals surface area contributed by atoms with E-state index in [0.29, 0.717) is 23.7 Å². The second-order valence-electron chi connectivity index (χ2n) is 7.05. The van der Waals surface area contributed by atoms with Gasteiger partial charge in [0.1, 0.15) is 5.69 Å². The van der Waals surface area contributed by atoms with Gasteiger partial charge in [-0.1, -0.05) is 62.4 Å². The molecule has 2 aromatic heterocycles. The first kappa shape index (κ1) is 19.1. The number of nitrogens with zero attached hydrogens (tertiary/aromatic N) is 3. The fraction of sp³-hybridized carbons (Fsp3) is 0.174. The highest BCUT2D eigenvalue weighted by atomic mass is 32.1. The first-order chi connectivity index (χ1) is 14.1. The van der Waals surface area contributed by atoms with Crippen LogP contribution in [0, 0.1) is 0 Å². The largest absolute Gasteiger partial charge is 0.346 e. The van der Waals surface area contributed by atoms with E-state index in [0.717, 1.165) is 22.0 Å². The molecule has 5 nitrogen and oxygen atoms in total. The molecule has 0 fully saturated rings. The van der Waals surface area contributed by atoms with E-state index in [9.17, 15) is 4.79 Å². The fourth-order valence-corrected chi connectivity index (χ4v) is 3.83. The lowest BCUT2D eigenvalue weighted by molar-refractivity contribution is 0.0951. The molecule has 0 atom stereocenters. The summed E-state index contributed by atoms with van der Waals surface area (Å²) < 4.78 is 1.75. The molecular weight excluding hydrogens is 380 g/mol. The highest BCUT2D eigenvalue weighted by Crippen LogP contribution is 2.24. The first-order valence-corrected chi connectivity index (χ1v) is 10.4. The van der Waals surface area contributed by atoms with Crippen molar-refractivity contribution in [3.05, 3.63) is 88.5 Å². The third-order valence-corrected chi connectivity index (χ3v) is 5.71. The quantitative estimate of drug-likeness (QED) is 0.491. The zero-order valence-corrected chi connectivity index (χ0v) is 17.2. The summed E-state index contributed by atoms with van der Waals surface area (Å²) in [5, 5.41) is 10.8. The highest BCUT2D eigenvalue weighted by molar-refractivity contribution is 7.09. The van der Waals surface area contributed by atoms with Gasteiger partial charge in [0.2, 0.25) is 0 Å². The summed E-state index contributed by atoms with van der Waals surface area (Å²) in [4.78, 5) is 17.6. The number of para-hydroxylation sites is 1. The van der Waals surface area contributed by atoms with Crippen molar-refractivity contribution >= 4 is 17.2 Å². The molecule has 0 saturated heterocycles. The Hall–Kier alpha value is -3.25. The van der Waals surface area contributed by atoms with Crippen LogP contribution >= 0.6 is 11.3 Å². The maximum Gasteiger partial charge on any atom is 0.255 e. The van der Waals surface area contributed by atoms with Crippen LogP contribution in [-0.4, -0.2) is 20.7 Å². The van der Waals surface area contributed by atoms with Crippen molar-refractivity contribution in [2.24, 2.45) is 0 Å². The standard InChI is InChI=1S/C23H22N4OS/c1-16(2)23-25-18(15-29-23)13-24-22(28)20-14-27(19-11-7-4-8-12-19)26-21(20)17-9-5-3-6-10-17/h3-12,14-16H,13H2,1-2H3,(H,24,28). The van der Waals surface area contributed by atoms with E-state index < -0.39 is 0 Å². The molecule has 0 spiro atoms. The van der Waals surface area contributed by atoms with Gasteiger partial charge in [-0.3, -0.25) is 4.79 Å². The van der Waals surface area contributed by atoms with Crippen LogP contribution in [0.15, 0.2) is 72.2 Å². The number of thiazole rings is 1. The molecule has 2 aromatic carbocycles. The lowest BCUT2D eigenvalue weighted by Crippen LogP contribution is -2.23. The summed E-state index contributed by atoms with van der Waals surface area (Å²) >= 11 is 1.63. The maximum atomic E-state index is 13.0. The summed E-state index contributed by atoms with van der Waals surface area (Å²) in [6.45, 7) is 4.63. The first-order valence-electron chi connectivity index (χ1n) is 9.55. The molecular formula is C23H22N4OS. The second-order valence-corrected chi connectivity index (χ2v) is 7.94. The van der Waals surface area contributed by atoms with Gasteiger partial charge >= 0.3 is 0 Å². The zero-order chi connectivity index (χ0) is 20.2. The monoisotopic (exact) mass is 402 g/mol. The van der Waals surface area contributed by atoms with Crippen LogP contribution < -0.4 is 5.32 Å². The Morgan fingerprint density at radius 1 is 1.07 bits per heavy atom. The van der Waals surface area contributed by atoms with Crippen LogP contribution in [-0.2, 0) is 6.54 Å². The topological polar surface area (TPSA) is 59.8 Å². The number of hydrogen-bond donors (Lipinski definition) is 1. The number of hydrogen-bond acceptors (Lipinski definition) is 4. The molecule has 0 unspecified atom stereocenters. The van der Waals surface area contributed by atoms with E-state index in [4.69, 9.17) is 5.10 Å². The molecule has 0 aliphatic rings. The van der Waals surface area contributed by atoms with E-state index in [1.807, 2.05) is 66.0 Å². The van der Waals surface area contributed by atoms with Gasteiger partial charge in [-0.05, 0) is 12.1 Å². The minimum Gasteiger partial charge on any atom is -0.346 e. The van der Waals surface area contributed by atoms with Crippen LogP contribution in [0.1, 0.15) is 40.8 Å². The second kappa shape index (κ2) is 8.41. The minimum atomic E-state index is -0.162. The van der Waals surface area contributed by atoms with Gasteiger partial charge < -0.3 is 5.32 Å². The van der Waals surface area contributed by atoms with Gasteiger partial charge in [0.15, 0.2) is 0 Å². The number of rotatable bonds is 6. The molecule has 2 heterocycles. The minimum absolute atomic E-state index is 0.162. The lowest BCUT2D eigenvalue weighted by atomic mass is 10.1. The third-order valence-electron chi connectivity index (χ3n) is 4.52. The van der Waals surface area contributed by atoms with E-state index >= 15 is 0 Å². The molecule has 0 bridgehead atoms. The summed E-state index contributed by atoms with van der Waals surface area (Å²) in [5.41, 5.74) is 3.89. The van der Waals surface area contributed by atoms with Crippen LogP contribution in [0.3, 0.4) is 0 Å². The average molecular weight is 403 g/mol. The Kier molecular flexibility index (Phi) is 5.53. The van der Waals surface area contributed by atoms with Crippen molar-refractivity contribution in [3.63, 3.8) is 0 Å². The Bertz CT molecular complexity index is 1100. The predicted octanol–water partition coefficient (Wildman–Crippen LogP) is 5.05. The molecule has 146 valence electrons. The highest BCUT2D eigenvalue weighted by Gasteiger charge is 2.19. The molecule has 0 aliphatic carbocycles. The van der Waals surface area contributed by atoms with Gasteiger partial charge in [-0.2, -0.15) is 5.10 Å². The lowest BCUT2D eigenvalue weighted by Gasteiger charge is -2.04. The molecule has 29 heavy (non-hydrogen) atoms. The Morgan fingerprint density at radius 3 is 2.41 bits per heavy atom. The van der Waals surface area contributed by atoms with E-state index in [1.165, 1.54) is 0 Å². The number of carbonyl (C=O) groups is 1. The number of carbonyl (C=O) groups excluding carboxylic acids is 1. The third kappa shape index (κ3) is 4.27. The number of nitrogens with one attached hydrogen (secondary N) is 1. The van der Waals surface area contributed by atoms with Gasteiger partial charge in [-0.25, -0.2) is 9.67 Å². The Balaban J connectivity index is 1.62. The van der Waals surface area contributed by atoms with Crippen molar-refractivity contribution in [2.45, 2.75) is 26.3 Å². The summed E-state index contributed by atoms with van der Waals surface area (Å²) in [6.07, 6.45) is 1.79. The van der Waals surface area contributed by atoms with E-state index in [2.05, 4.69) is 24.1 Å². The Labute approximate surface area is 174 Å². The van der Waals surface area contributed by atoms with Crippen molar-refractivity contribution < 1.29 is 4.79 Å². The van der Waals surface area contributed by atoms with Gasteiger partial charge in [0.05, 0.1) is 28.5 Å². The van der Waals surface area contributed by atoms with Crippen molar-refractivity contribution in [1.82, 2.24) is 20.1 Å². The summed E-state index contributed by atoms with van der Waals surface area (Å²) in [5.74, 6) is 0.225. The van der Waals surface area contributed by atoms with Crippen molar-refractivity contribution in [1.29, 1.82) is 0 Å². The van der Waals surface area contributed by atoms with Crippen LogP contribution in [0.4, 0.5) is 0 Å². The normalized spacial score (nSPS) is 11.0. The number of aromatic nitrogens is 3. The smallest absolute Gasteiger partial charge is 0.255 e. The van der Waals surface area contributed by atoms with E-state index in [-0.39, 0.29) is 5.91 Å². The molecule has 1 N–H and O–H groups in total. The molecule has 1 amide bonds. The van der Waals surface area contributed by atoms with E-state index in [1.54, 1.807) is 22.2 Å². The number of amides is 1. The van der Waals surface area contributed by atoms with Crippen molar-refractivity contribution in [3.8, 4) is 16.9 Å². The van der Waals surface area contributed by atoms with Crippen LogP contribution in [0.2, 0.25) is 0 Å². The molecule has 4 rings (SSSR count). The van der Waals surface area contributed by atoms with Gasteiger partial charge in [-0.15, -0.1) is 11.3 Å². The molecule has 0 radical (unpaired) electrons. The average Bonchev–Trinajstić information content (AvgIpc) is 3.41. The zero-order valence-electron chi connectivity index (χ0n) is 16.4. The van der Waals surface area contributed by atoms with Crippen molar-refractivity contribution in [2.75, 3.05) is 0 Å². The molecule has 0 saturated carbocycles.